The van der Waals surface area contributed by atoms with Gasteiger partial charge in [0.1, 0.15) is 11.7 Å². The summed E-state index contributed by atoms with van der Waals surface area (Å²) in [5.41, 5.74) is 3.13. The van der Waals surface area contributed by atoms with Gasteiger partial charge in [-0.25, -0.2) is 4.98 Å². The normalized spacial score (nSPS) is 11.4. The van der Waals surface area contributed by atoms with Crippen molar-refractivity contribution in [1.82, 2.24) is 14.7 Å². The van der Waals surface area contributed by atoms with Gasteiger partial charge in [0.05, 0.1) is 12.2 Å². The average molecular weight is 283 g/mol. The monoisotopic (exact) mass is 283 g/mol. The van der Waals surface area contributed by atoms with Crippen molar-refractivity contribution in [3.8, 4) is 0 Å². The molecule has 0 saturated carbocycles. The molecule has 0 radical (unpaired) electrons. The Kier molecular flexibility index (Phi) is 3.33. The molecule has 0 N–H and O–H groups in total. The number of hydrogen-bond donors (Lipinski definition) is 0. The van der Waals surface area contributed by atoms with Crippen molar-refractivity contribution < 1.29 is 4.52 Å². The van der Waals surface area contributed by atoms with E-state index < -0.39 is 0 Å². The molecule has 0 aliphatic heterocycles. The molecule has 0 atom stereocenters. The number of hydrogen-bond acceptors (Lipinski definition) is 4. The van der Waals surface area contributed by atoms with Crippen LogP contribution in [0.2, 0.25) is 0 Å². The maximum atomic E-state index is 12.5. The lowest BCUT2D eigenvalue weighted by Gasteiger charge is -2.13. The zero-order valence-corrected chi connectivity index (χ0v) is 12.3. The molecule has 3 aromatic rings. The van der Waals surface area contributed by atoms with Crippen LogP contribution in [0.5, 0.6) is 0 Å². The van der Waals surface area contributed by atoms with E-state index in [1.54, 1.807) is 11.5 Å². The number of fused-ring (bicyclic) bond motifs is 1. The highest BCUT2D eigenvalue weighted by atomic mass is 16.5. The zero-order chi connectivity index (χ0) is 15.0. The average Bonchev–Trinajstić information content (AvgIpc) is 2.84. The van der Waals surface area contributed by atoms with Gasteiger partial charge in [-0.2, -0.15) is 0 Å². The fraction of sp³-hybridized carbons (Fsp3) is 0.312. The van der Waals surface area contributed by atoms with Crippen LogP contribution in [0.15, 0.2) is 39.9 Å². The van der Waals surface area contributed by atoms with E-state index >= 15 is 0 Å². The second-order valence-electron chi connectivity index (χ2n) is 5.48. The van der Waals surface area contributed by atoms with E-state index in [-0.39, 0.29) is 5.56 Å². The van der Waals surface area contributed by atoms with Crippen molar-refractivity contribution in [3.05, 3.63) is 57.8 Å². The molecule has 108 valence electrons. The maximum absolute atomic E-state index is 12.5. The van der Waals surface area contributed by atoms with Crippen LogP contribution < -0.4 is 5.56 Å². The molecule has 2 heterocycles. The van der Waals surface area contributed by atoms with Gasteiger partial charge in [0.25, 0.3) is 11.3 Å². The van der Waals surface area contributed by atoms with Crippen LogP contribution in [0.1, 0.15) is 36.6 Å². The summed E-state index contributed by atoms with van der Waals surface area (Å²) in [5.74, 6) is 0.408. The van der Waals surface area contributed by atoms with Gasteiger partial charge in [-0.15, -0.1) is 0 Å². The first-order valence-corrected chi connectivity index (χ1v) is 6.97. The fourth-order valence-electron chi connectivity index (χ4n) is 2.55. The van der Waals surface area contributed by atoms with E-state index in [2.05, 4.69) is 30.1 Å². The minimum atomic E-state index is -0.114. The van der Waals surface area contributed by atoms with E-state index in [0.717, 1.165) is 5.56 Å². The van der Waals surface area contributed by atoms with Crippen LogP contribution in [-0.2, 0) is 6.54 Å². The van der Waals surface area contributed by atoms with Crippen molar-refractivity contribution in [2.75, 3.05) is 0 Å². The summed E-state index contributed by atoms with van der Waals surface area (Å²) in [6, 6.07) is 8.16. The molecule has 1 aromatic carbocycles. The highest BCUT2D eigenvalue weighted by Gasteiger charge is 2.13. The third kappa shape index (κ3) is 2.35. The Balaban J connectivity index is 2.09. The molecule has 0 saturated heterocycles. The number of nitrogens with zero attached hydrogens (tertiary/aromatic N) is 3. The minimum absolute atomic E-state index is 0.114. The van der Waals surface area contributed by atoms with Crippen LogP contribution in [0.4, 0.5) is 0 Å². The molecule has 0 spiro atoms. The summed E-state index contributed by atoms with van der Waals surface area (Å²) in [6.45, 7) is 6.54. The molecule has 0 bridgehead atoms. The van der Waals surface area contributed by atoms with Gasteiger partial charge in [-0.1, -0.05) is 43.3 Å². The lowest BCUT2D eigenvalue weighted by molar-refractivity contribution is 0.442. The molecule has 0 aliphatic rings. The molecule has 3 rings (SSSR count). The van der Waals surface area contributed by atoms with E-state index in [0.29, 0.717) is 29.3 Å². The summed E-state index contributed by atoms with van der Waals surface area (Å²) >= 11 is 0. The Hall–Kier alpha value is -2.43. The fourth-order valence-corrected chi connectivity index (χ4v) is 2.55. The molecular formula is C16H17N3O2. The lowest BCUT2D eigenvalue weighted by atomic mass is 9.97. The molecule has 21 heavy (non-hydrogen) atoms. The SMILES string of the molecule is Cc1noc2ncn(Cc3ccccc3C(C)C)c(=O)c12. The highest BCUT2D eigenvalue weighted by Crippen LogP contribution is 2.20. The van der Waals surface area contributed by atoms with E-state index in [1.165, 1.54) is 11.9 Å². The van der Waals surface area contributed by atoms with Gasteiger partial charge in [0, 0.05) is 0 Å². The van der Waals surface area contributed by atoms with Gasteiger partial charge in [-0.05, 0) is 24.0 Å². The Morgan fingerprint density at radius 2 is 2.05 bits per heavy atom. The minimum Gasteiger partial charge on any atom is -0.335 e. The summed E-state index contributed by atoms with van der Waals surface area (Å²) in [4.78, 5) is 16.7. The van der Waals surface area contributed by atoms with E-state index in [9.17, 15) is 4.79 Å². The third-order valence-corrected chi connectivity index (χ3v) is 3.65. The van der Waals surface area contributed by atoms with Crippen molar-refractivity contribution in [2.24, 2.45) is 0 Å². The quantitative estimate of drug-likeness (QED) is 0.741. The van der Waals surface area contributed by atoms with E-state index in [4.69, 9.17) is 4.52 Å². The Morgan fingerprint density at radius 3 is 2.81 bits per heavy atom. The molecule has 2 aromatic heterocycles. The van der Waals surface area contributed by atoms with Crippen molar-refractivity contribution >= 4 is 11.1 Å². The number of benzene rings is 1. The number of rotatable bonds is 3. The van der Waals surface area contributed by atoms with Gasteiger partial charge >= 0.3 is 0 Å². The first kappa shape index (κ1) is 13.5. The van der Waals surface area contributed by atoms with E-state index in [1.807, 2.05) is 18.2 Å². The summed E-state index contributed by atoms with van der Waals surface area (Å²) in [5, 5.41) is 4.26. The van der Waals surface area contributed by atoms with Gasteiger partial charge in [0.15, 0.2) is 0 Å². The van der Waals surface area contributed by atoms with Crippen molar-refractivity contribution in [3.63, 3.8) is 0 Å². The van der Waals surface area contributed by atoms with Crippen molar-refractivity contribution in [1.29, 1.82) is 0 Å². The zero-order valence-electron chi connectivity index (χ0n) is 12.3. The van der Waals surface area contributed by atoms with Crippen LogP contribution in [0.25, 0.3) is 11.1 Å². The third-order valence-electron chi connectivity index (χ3n) is 3.65. The predicted octanol–water partition coefficient (Wildman–Crippen LogP) is 2.86. The maximum Gasteiger partial charge on any atom is 0.266 e. The largest absolute Gasteiger partial charge is 0.335 e. The highest BCUT2D eigenvalue weighted by molar-refractivity contribution is 5.73. The summed E-state index contributed by atoms with van der Waals surface area (Å²) in [6.07, 6.45) is 1.52. The van der Waals surface area contributed by atoms with Gasteiger partial charge in [-0.3, -0.25) is 9.36 Å². The molecule has 5 nitrogen and oxygen atoms in total. The Labute approximate surface area is 122 Å². The number of aromatic nitrogens is 3. The van der Waals surface area contributed by atoms with Crippen LogP contribution in [0.3, 0.4) is 0 Å². The molecular weight excluding hydrogens is 266 g/mol. The Bertz CT molecular complexity index is 846. The molecule has 0 amide bonds. The molecule has 5 heteroatoms. The molecule has 0 unspecified atom stereocenters. The second-order valence-corrected chi connectivity index (χ2v) is 5.48. The van der Waals surface area contributed by atoms with Crippen molar-refractivity contribution in [2.45, 2.75) is 33.2 Å². The van der Waals surface area contributed by atoms with Crippen LogP contribution >= 0.6 is 0 Å². The first-order chi connectivity index (χ1) is 10.1. The lowest BCUT2D eigenvalue weighted by Crippen LogP contribution is -2.21. The summed E-state index contributed by atoms with van der Waals surface area (Å²) < 4.78 is 6.63. The molecule has 0 fully saturated rings. The van der Waals surface area contributed by atoms with Gasteiger partial charge < -0.3 is 4.52 Å². The standard InChI is InChI=1S/C16H17N3O2/c1-10(2)13-7-5-4-6-12(13)8-19-9-17-15-14(16(19)20)11(3)18-21-15/h4-7,9-10H,8H2,1-3H3. The van der Waals surface area contributed by atoms with Gasteiger partial charge in [0.2, 0.25) is 0 Å². The van der Waals surface area contributed by atoms with Crippen LogP contribution in [-0.4, -0.2) is 14.7 Å². The topological polar surface area (TPSA) is 60.9 Å². The number of aryl methyl sites for hydroxylation is 1. The van der Waals surface area contributed by atoms with Crippen LogP contribution in [0, 0.1) is 6.92 Å². The Morgan fingerprint density at radius 1 is 1.29 bits per heavy atom. The second kappa shape index (κ2) is 5.16. The first-order valence-electron chi connectivity index (χ1n) is 6.97. The smallest absolute Gasteiger partial charge is 0.266 e. The molecule has 0 aliphatic carbocycles. The predicted molar refractivity (Wildman–Crippen MR) is 80.4 cm³/mol. The summed E-state index contributed by atoms with van der Waals surface area (Å²) in [7, 11) is 0.